The standard InChI is InChI=1S/C63H98N18O13S/c1-37(2)33-45(57(89)74-41(53(68)85)27-32-95-3)73-52(84)36-72-54(86)46(34-38-15-6-4-7-16-38)78-58(90)47(35-39-17-8-5-9-18-39)79-56(88)42(23-25-50(66)82)75-55(87)43(24-26-51(67)83)76-59(91)49-22-14-31-81(49)62(94)44(20-10-11-28-64)77-60(92)48-21-13-30-80(48)61(93)40(65)19-12-29-71-63(69)70/h4-9,15-18,37,40-49H,10-14,19-36,64-65H2,1-3H3,(H2,66,82)(H2,67,83)(H2,68,85)(H,72,86)(H,73,84)(H,74,89)(H,75,87)(H,76,91)(H,77,92)(H,78,90)(H,79,88)(H4,69,70,71)/t40-,41+,42-,43+,44-,45-,46+,47+,48-,49-/m1/s1. The van der Waals surface area contributed by atoms with E-state index in [1.54, 1.807) is 60.7 Å². The third kappa shape index (κ3) is 27.5. The van der Waals surface area contributed by atoms with Gasteiger partial charge in [-0.1, -0.05) is 74.5 Å². The molecule has 95 heavy (non-hydrogen) atoms. The van der Waals surface area contributed by atoms with Gasteiger partial charge in [0.15, 0.2) is 5.96 Å². The van der Waals surface area contributed by atoms with Crippen LogP contribution in [0.3, 0.4) is 0 Å². The quantitative estimate of drug-likeness (QED) is 0.0173. The molecule has 0 saturated carbocycles. The Balaban J connectivity index is 1.56. The van der Waals surface area contributed by atoms with E-state index in [0.717, 1.165) is 0 Å². The number of hydrogen-bond donors (Lipinski definition) is 15. The minimum atomic E-state index is -1.64. The van der Waals surface area contributed by atoms with Crippen LogP contribution in [-0.4, -0.2) is 198 Å². The van der Waals surface area contributed by atoms with Crippen molar-refractivity contribution in [1.29, 1.82) is 0 Å². The Hall–Kier alpha value is -8.91. The van der Waals surface area contributed by atoms with Crippen molar-refractivity contribution in [3.63, 3.8) is 0 Å². The van der Waals surface area contributed by atoms with E-state index in [-0.39, 0.29) is 83.0 Å². The number of rotatable bonds is 42. The highest BCUT2D eigenvalue weighted by Gasteiger charge is 2.42. The van der Waals surface area contributed by atoms with Crippen molar-refractivity contribution in [2.24, 2.45) is 51.0 Å². The van der Waals surface area contributed by atoms with Crippen molar-refractivity contribution >= 4 is 94.5 Å². The normalized spacial score (nSPS) is 16.8. The van der Waals surface area contributed by atoms with Crippen LogP contribution in [0.1, 0.15) is 121 Å². The lowest BCUT2D eigenvalue weighted by atomic mass is 10.0. The number of amides is 13. The zero-order valence-corrected chi connectivity index (χ0v) is 55.3. The molecule has 31 nitrogen and oxygen atoms in total. The maximum atomic E-state index is 14.7. The number of likely N-dealkylation sites (tertiary alicyclic amines) is 2. The lowest BCUT2D eigenvalue weighted by Gasteiger charge is -2.32. The monoisotopic (exact) mass is 1350 g/mol. The van der Waals surface area contributed by atoms with Gasteiger partial charge in [0.1, 0.15) is 54.4 Å². The van der Waals surface area contributed by atoms with E-state index in [1.807, 2.05) is 20.1 Å². The molecule has 0 aromatic heterocycles. The van der Waals surface area contributed by atoms with Gasteiger partial charge in [0.2, 0.25) is 76.8 Å². The summed E-state index contributed by atoms with van der Waals surface area (Å²) < 4.78 is 0. The average molecular weight is 1350 g/mol. The third-order valence-electron chi connectivity index (χ3n) is 16.0. The first kappa shape index (κ1) is 78.5. The number of benzene rings is 2. The second-order valence-corrected chi connectivity index (χ2v) is 25.1. The summed E-state index contributed by atoms with van der Waals surface area (Å²) in [5.41, 5.74) is 40.6. The van der Waals surface area contributed by atoms with Gasteiger partial charge in [0, 0.05) is 45.3 Å². The minimum Gasteiger partial charge on any atom is -0.370 e. The van der Waals surface area contributed by atoms with Gasteiger partial charge in [-0.3, -0.25) is 67.3 Å². The highest BCUT2D eigenvalue weighted by atomic mass is 32.2. The van der Waals surface area contributed by atoms with Gasteiger partial charge in [-0.15, -0.1) is 0 Å². The molecule has 10 atom stereocenters. The van der Waals surface area contributed by atoms with Crippen LogP contribution in [0.5, 0.6) is 0 Å². The number of guanidine groups is 1. The number of hydrogen-bond acceptors (Lipinski definition) is 17. The Morgan fingerprint density at radius 3 is 1.51 bits per heavy atom. The second-order valence-electron chi connectivity index (χ2n) is 24.1. The number of primary amides is 3. The highest BCUT2D eigenvalue weighted by molar-refractivity contribution is 7.98. The number of thioether (sulfide) groups is 1. The van der Waals surface area contributed by atoms with E-state index >= 15 is 0 Å². The number of nitrogens with zero attached hydrogens (tertiary/aromatic N) is 3. The summed E-state index contributed by atoms with van der Waals surface area (Å²) >= 11 is 1.45. The predicted octanol–water partition coefficient (Wildman–Crippen LogP) is -3.71. The average Bonchev–Trinajstić information content (AvgIpc) is 1.74. The molecule has 22 N–H and O–H groups in total. The molecule has 524 valence electrons. The molecule has 2 aliphatic rings. The SMILES string of the molecule is CSCC[C@H](NC(=O)[C@@H](CC(C)C)NC(=O)CNC(=O)[C@H](Cc1ccccc1)NC(=O)[C@H](Cc1ccccc1)NC(=O)[C@@H](CCC(N)=O)NC(=O)[C@H](CCC(N)=O)NC(=O)[C@H]1CCCN1C(=O)[C@@H](CCCCN)NC(=O)[C@H]1CCCN1C(=O)[C@H](N)CCCN=C(N)N)C(N)=O. The smallest absolute Gasteiger partial charge is 0.245 e. The zero-order valence-electron chi connectivity index (χ0n) is 54.5. The van der Waals surface area contributed by atoms with Gasteiger partial charge < -0.3 is 92.5 Å². The summed E-state index contributed by atoms with van der Waals surface area (Å²) in [5.74, 6) is -9.80. The van der Waals surface area contributed by atoms with Crippen molar-refractivity contribution in [3.05, 3.63) is 71.8 Å². The maximum Gasteiger partial charge on any atom is 0.245 e. The lowest BCUT2D eigenvalue weighted by molar-refractivity contribution is -0.144. The number of carbonyl (C=O) groups is 13. The van der Waals surface area contributed by atoms with E-state index < -0.39 is 169 Å². The lowest BCUT2D eigenvalue weighted by Crippen LogP contribution is -2.60. The van der Waals surface area contributed by atoms with Crippen molar-refractivity contribution < 1.29 is 62.3 Å². The molecule has 0 spiro atoms. The molecule has 13 amide bonds. The van der Waals surface area contributed by atoms with Gasteiger partial charge in [-0.25, -0.2) is 0 Å². The van der Waals surface area contributed by atoms with Gasteiger partial charge in [-0.2, -0.15) is 11.8 Å². The maximum absolute atomic E-state index is 14.7. The fourth-order valence-electron chi connectivity index (χ4n) is 11.0. The summed E-state index contributed by atoms with van der Waals surface area (Å²) in [7, 11) is 0. The first-order valence-corrected chi connectivity index (χ1v) is 33.6. The van der Waals surface area contributed by atoms with Crippen molar-refractivity contribution in [2.45, 2.75) is 183 Å². The fraction of sp³-hybridized carbons (Fsp3) is 0.587. The largest absolute Gasteiger partial charge is 0.370 e. The Labute approximate surface area is 558 Å². The molecule has 2 heterocycles. The molecule has 4 rings (SSSR count). The fourth-order valence-corrected chi connectivity index (χ4v) is 11.5. The number of nitrogens with one attached hydrogen (secondary N) is 8. The van der Waals surface area contributed by atoms with Crippen LogP contribution in [0.25, 0.3) is 0 Å². The van der Waals surface area contributed by atoms with Gasteiger partial charge >= 0.3 is 0 Å². The van der Waals surface area contributed by atoms with Crippen molar-refractivity contribution in [1.82, 2.24) is 52.3 Å². The van der Waals surface area contributed by atoms with Crippen molar-refractivity contribution in [3.8, 4) is 0 Å². The van der Waals surface area contributed by atoms with Crippen LogP contribution in [-0.2, 0) is 75.2 Å². The van der Waals surface area contributed by atoms with E-state index in [0.29, 0.717) is 55.4 Å². The first-order valence-electron chi connectivity index (χ1n) is 32.2. The van der Waals surface area contributed by atoms with Crippen LogP contribution in [0.4, 0.5) is 0 Å². The summed E-state index contributed by atoms with van der Waals surface area (Å²) in [5, 5.41) is 21.1. The van der Waals surface area contributed by atoms with Gasteiger partial charge in [0.25, 0.3) is 0 Å². The highest BCUT2D eigenvalue weighted by Crippen LogP contribution is 2.24. The van der Waals surface area contributed by atoms with E-state index in [1.165, 1.54) is 21.6 Å². The number of unbranched alkanes of at least 4 members (excludes halogenated alkanes) is 1. The van der Waals surface area contributed by atoms with Crippen LogP contribution >= 0.6 is 11.8 Å². The molecule has 0 aliphatic carbocycles. The van der Waals surface area contributed by atoms with Crippen LogP contribution in [0.15, 0.2) is 65.7 Å². The molecule has 2 fully saturated rings. The summed E-state index contributed by atoms with van der Waals surface area (Å²) in [6, 6.07) is 4.51. The topological polar surface area (TPSA) is 519 Å². The molecule has 0 bridgehead atoms. The number of nitrogens with two attached hydrogens (primary N) is 7. The van der Waals surface area contributed by atoms with E-state index in [4.69, 9.17) is 40.1 Å². The Bertz CT molecular complexity index is 2960. The zero-order chi connectivity index (χ0) is 70.1. The molecular weight excluding hydrogens is 1250 g/mol. The van der Waals surface area contributed by atoms with Crippen LogP contribution < -0.4 is 82.7 Å². The van der Waals surface area contributed by atoms with Crippen LogP contribution in [0, 0.1) is 5.92 Å². The molecule has 2 saturated heterocycles. The van der Waals surface area contributed by atoms with Gasteiger partial charge in [0.05, 0.1) is 12.6 Å². The van der Waals surface area contributed by atoms with Crippen molar-refractivity contribution in [2.75, 3.05) is 44.7 Å². The molecule has 0 unspecified atom stereocenters. The number of aliphatic imine (C=N–C) groups is 1. The summed E-state index contributed by atoms with van der Waals surface area (Å²) in [6.45, 7) is 3.86. The van der Waals surface area contributed by atoms with Gasteiger partial charge in [-0.05, 0) is 119 Å². The molecular formula is C63H98N18O13S. The van der Waals surface area contributed by atoms with E-state index in [9.17, 15) is 62.3 Å². The molecule has 32 heteroatoms. The molecule has 2 aromatic rings. The third-order valence-corrected chi connectivity index (χ3v) is 16.7. The summed E-state index contributed by atoms with van der Waals surface area (Å²) in [6.07, 6.45) is 3.12. The molecule has 2 aromatic carbocycles. The Morgan fingerprint density at radius 1 is 0.537 bits per heavy atom. The summed E-state index contributed by atoms with van der Waals surface area (Å²) in [4.78, 5) is 185. The number of carbonyl (C=O) groups excluding carboxylic acids is 13. The Morgan fingerprint density at radius 2 is 1.01 bits per heavy atom. The van der Waals surface area contributed by atoms with Crippen LogP contribution in [0.2, 0.25) is 0 Å². The predicted molar refractivity (Wildman–Crippen MR) is 356 cm³/mol. The first-order chi connectivity index (χ1) is 45.2. The molecule has 0 radical (unpaired) electrons. The minimum absolute atomic E-state index is 0.0736. The second kappa shape index (κ2) is 41.0. The Kier molecular flexibility index (Phi) is 33.9. The molecule has 2 aliphatic heterocycles. The van der Waals surface area contributed by atoms with E-state index in [2.05, 4.69) is 47.5 Å².